The van der Waals surface area contributed by atoms with Gasteiger partial charge in [0.25, 0.3) is 5.91 Å². The van der Waals surface area contributed by atoms with Crippen LogP contribution < -0.4 is 5.32 Å². The fourth-order valence-electron chi connectivity index (χ4n) is 2.71. The Morgan fingerprint density at radius 1 is 1.35 bits per heavy atom. The molecular formula is C17H17ClN2O3. The van der Waals surface area contributed by atoms with E-state index in [1.807, 2.05) is 24.3 Å². The summed E-state index contributed by atoms with van der Waals surface area (Å²) in [5, 5.41) is 3.53. The fraction of sp³-hybridized carbons (Fsp3) is 0.294. The first kappa shape index (κ1) is 15.6. The molecule has 0 radical (unpaired) electrons. The van der Waals surface area contributed by atoms with Crippen molar-refractivity contribution in [3.8, 4) is 0 Å². The SMILES string of the molecule is O=C(NC1CC(=O)N(CCc2cccc(Cl)c2)C1)c1ccco1. The number of furan rings is 1. The Hall–Kier alpha value is -2.27. The van der Waals surface area contributed by atoms with Crippen molar-refractivity contribution < 1.29 is 14.0 Å². The van der Waals surface area contributed by atoms with Crippen molar-refractivity contribution in [1.82, 2.24) is 10.2 Å². The molecule has 1 aromatic carbocycles. The lowest BCUT2D eigenvalue weighted by atomic mass is 10.1. The van der Waals surface area contributed by atoms with Crippen LogP contribution in [0.3, 0.4) is 0 Å². The Morgan fingerprint density at radius 2 is 2.22 bits per heavy atom. The second-order valence-corrected chi connectivity index (χ2v) is 6.01. The maximum atomic E-state index is 12.1. The van der Waals surface area contributed by atoms with E-state index in [2.05, 4.69) is 5.32 Å². The molecule has 1 saturated heterocycles. The molecule has 23 heavy (non-hydrogen) atoms. The van der Waals surface area contributed by atoms with E-state index in [1.54, 1.807) is 17.0 Å². The van der Waals surface area contributed by atoms with E-state index in [-0.39, 0.29) is 23.6 Å². The molecule has 1 unspecified atom stereocenters. The molecule has 6 heteroatoms. The van der Waals surface area contributed by atoms with Gasteiger partial charge in [-0.2, -0.15) is 0 Å². The minimum atomic E-state index is -0.288. The zero-order valence-corrected chi connectivity index (χ0v) is 13.3. The lowest BCUT2D eigenvalue weighted by molar-refractivity contribution is -0.127. The van der Waals surface area contributed by atoms with Crippen LogP contribution in [0.1, 0.15) is 22.5 Å². The highest BCUT2D eigenvalue weighted by Gasteiger charge is 2.30. The van der Waals surface area contributed by atoms with Crippen LogP contribution in [-0.2, 0) is 11.2 Å². The van der Waals surface area contributed by atoms with Gasteiger partial charge in [-0.3, -0.25) is 9.59 Å². The van der Waals surface area contributed by atoms with Gasteiger partial charge in [-0.15, -0.1) is 0 Å². The first-order chi connectivity index (χ1) is 11.1. The molecule has 120 valence electrons. The molecule has 2 amide bonds. The van der Waals surface area contributed by atoms with Gasteiger partial charge in [0.15, 0.2) is 5.76 Å². The number of amides is 2. The summed E-state index contributed by atoms with van der Waals surface area (Å²) in [4.78, 5) is 25.8. The quantitative estimate of drug-likeness (QED) is 0.915. The fourth-order valence-corrected chi connectivity index (χ4v) is 2.92. The topological polar surface area (TPSA) is 62.6 Å². The summed E-state index contributed by atoms with van der Waals surface area (Å²) in [6, 6.07) is 10.7. The molecule has 1 aromatic heterocycles. The molecule has 0 spiro atoms. The molecule has 1 fully saturated rings. The van der Waals surface area contributed by atoms with E-state index in [4.69, 9.17) is 16.0 Å². The largest absolute Gasteiger partial charge is 0.459 e. The number of hydrogen-bond donors (Lipinski definition) is 1. The van der Waals surface area contributed by atoms with Crippen LogP contribution in [0.4, 0.5) is 0 Å². The van der Waals surface area contributed by atoms with Gasteiger partial charge in [-0.1, -0.05) is 23.7 Å². The first-order valence-corrected chi connectivity index (χ1v) is 7.86. The number of rotatable bonds is 5. The van der Waals surface area contributed by atoms with Crippen molar-refractivity contribution in [3.05, 3.63) is 59.0 Å². The molecule has 1 N–H and O–H groups in total. The Balaban J connectivity index is 1.52. The highest BCUT2D eigenvalue weighted by molar-refractivity contribution is 6.30. The van der Waals surface area contributed by atoms with E-state index < -0.39 is 0 Å². The Labute approximate surface area is 139 Å². The number of benzene rings is 1. The Bertz CT molecular complexity index is 700. The second-order valence-electron chi connectivity index (χ2n) is 5.57. The number of carbonyl (C=O) groups is 2. The minimum absolute atomic E-state index is 0.0526. The molecule has 3 rings (SSSR count). The van der Waals surface area contributed by atoms with Crippen LogP contribution in [0.25, 0.3) is 0 Å². The minimum Gasteiger partial charge on any atom is -0.459 e. The maximum absolute atomic E-state index is 12.1. The molecule has 0 bridgehead atoms. The Kier molecular flexibility index (Phi) is 4.67. The van der Waals surface area contributed by atoms with Gasteiger partial charge in [0.05, 0.1) is 12.3 Å². The monoisotopic (exact) mass is 332 g/mol. The van der Waals surface area contributed by atoms with Crippen LogP contribution in [-0.4, -0.2) is 35.8 Å². The third-order valence-electron chi connectivity index (χ3n) is 3.85. The van der Waals surface area contributed by atoms with Crippen LogP contribution in [0, 0.1) is 0 Å². The number of likely N-dealkylation sites (tertiary alicyclic amines) is 1. The van der Waals surface area contributed by atoms with Gasteiger partial charge in [-0.25, -0.2) is 0 Å². The van der Waals surface area contributed by atoms with Gasteiger partial charge >= 0.3 is 0 Å². The van der Waals surface area contributed by atoms with E-state index in [0.717, 1.165) is 12.0 Å². The zero-order valence-electron chi connectivity index (χ0n) is 12.5. The summed E-state index contributed by atoms with van der Waals surface area (Å²) < 4.78 is 5.05. The van der Waals surface area contributed by atoms with Crippen molar-refractivity contribution in [2.45, 2.75) is 18.9 Å². The van der Waals surface area contributed by atoms with Gasteiger partial charge < -0.3 is 14.6 Å². The van der Waals surface area contributed by atoms with Gasteiger partial charge in [0.1, 0.15) is 0 Å². The average molecular weight is 333 g/mol. The summed E-state index contributed by atoms with van der Waals surface area (Å²) in [6.07, 6.45) is 2.51. The third kappa shape index (κ3) is 3.93. The van der Waals surface area contributed by atoms with Crippen molar-refractivity contribution >= 4 is 23.4 Å². The van der Waals surface area contributed by atoms with E-state index in [9.17, 15) is 9.59 Å². The summed E-state index contributed by atoms with van der Waals surface area (Å²) >= 11 is 5.96. The number of halogens is 1. The highest BCUT2D eigenvalue weighted by atomic mass is 35.5. The molecule has 0 aliphatic carbocycles. The van der Waals surface area contributed by atoms with E-state index >= 15 is 0 Å². The number of hydrogen-bond acceptors (Lipinski definition) is 3. The molecule has 1 aliphatic rings. The lowest BCUT2D eigenvalue weighted by Gasteiger charge is -2.17. The standard InChI is InChI=1S/C17H17ClN2O3/c18-13-4-1-3-12(9-13)6-7-20-11-14(10-16(20)21)19-17(22)15-5-2-8-23-15/h1-5,8-9,14H,6-7,10-11H2,(H,19,22). The highest BCUT2D eigenvalue weighted by Crippen LogP contribution is 2.15. The number of nitrogens with zero attached hydrogens (tertiary/aromatic N) is 1. The average Bonchev–Trinajstić information content (AvgIpc) is 3.15. The number of carbonyl (C=O) groups excluding carboxylic acids is 2. The van der Waals surface area contributed by atoms with Crippen molar-refractivity contribution in [2.24, 2.45) is 0 Å². The van der Waals surface area contributed by atoms with Gasteiger partial charge in [0.2, 0.25) is 5.91 Å². The van der Waals surface area contributed by atoms with Crippen LogP contribution in [0.15, 0.2) is 47.1 Å². The van der Waals surface area contributed by atoms with E-state index in [0.29, 0.717) is 24.5 Å². The summed E-state index contributed by atoms with van der Waals surface area (Å²) in [7, 11) is 0. The molecule has 2 heterocycles. The lowest BCUT2D eigenvalue weighted by Crippen LogP contribution is -2.37. The van der Waals surface area contributed by atoms with Gasteiger partial charge in [0, 0.05) is 24.5 Å². The normalized spacial score (nSPS) is 17.5. The van der Waals surface area contributed by atoms with Crippen LogP contribution >= 0.6 is 11.6 Å². The van der Waals surface area contributed by atoms with E-state index in [1.165, 1.54) is 6.26 Å². The smallest absolute Gasteiger partial charge is 0.287 e. The van der Waals surface area contributed by atoms with Crippen molar-refractivity contribution in [1.29, 1.82) is 0 Å². The summed E-state index contributed by atoms with van der Waals surface area (Å²) in [5.41, 5.74) is 1.09. The maximum Gasteiger partial charge on any atom is 0.287 e. The summed E-state index contributed by atoms with van der Waals surface area (Å²) in [6.45, 7) is 1.14. The molecule has 5 nitrogen and oxygen atoms in total. The molecular weight excluding hydrogens is 316 g/mol. The second kappa shape index (κ2) is 6.87. The predicted molar refractivity (Wildman–Crippen MR) is 86.3 cm³/mol. The molecule has 0 saturated carbocycles. The third-order valence-corrected chi connectivity index (χ3v) is 4.09. The number of nitrogens with one attached hydrogen (secondary N) is 1. The van der Waals surface area contributed by atoms with Crippen molar-refractivity contribution in [2.75, 3.05) is 13.1 Å². The summed E-state index contributed by atoms with van der Waals surface area (Å²) in [5.74, 6) is 0.0242. The predicted octanol–water partition coefficient (Wildman–Crippen LogP) is 2.51. The van der Waals surface area contributed by atoms with Gasteiger partial charge in [-0.05, 0) is 36.2 Å². The molecule has 1 aliphatic heterocycles. The molecule has 1 atom stereocenters. The van der Waals surface area contributed by atoms with Crippen LogP contribution in [0.2, 0.25) is 5.02 Å². The molecule has 2 aromatic rings. The Morgan fingerprint density at radius 3 is 2.96 bits per heavy atom. The first-order valence-electron chi connectivity index (χ1n) is 7.48. The zero-order chi connectivity index (χ0) is 16.2. The van der Waals surface area contributed by atoms with Crippen LogP contribution in [0.5, 0.6) is 0 Å². The van der Waals surface area contributed by atoms with Crippen molar-refractivity contribution in [3.63, 3.8) is 0 Å².